The van der Waals surface area contributed by atoms with E-state index in [1.54, 1.807) is 6.20 Å². The molecule has 108 valence electrons. The van der Waals surface area contributed by atoms with Gasteiger partial charge in [-0.15, -0.1) is 0 Å². The van der Waals surface area contributed by atoms with Crippen LogP contribution in [0.4, 0.5) is 0 Å². The third-order valence-electron chi connectivity index (χ3n) is 3.07. The maximum atomic E-state index is 5.98. The number of rotatable bonds is 4. The summed E-state index contributed by atoms with van der Waals surface area (Å²) < 4.78 is 2.08. The summed E-state index contributed by atoms with van der Waals surface area (Å²) >= 11 is 1.49. The molecule has 0 aromatic carbocycles. The molecule has 0 saturated heterocycles. The molecule has 1 unspecified atom stereocenters. The molecule has 3 heterocycles. The quantitative estimate of drug-likeness (QED) is 0.750. The lowest BCUT2D eigenvalue weighted by molar-refractivity contribution is 0.705. The predicted molar refractivity (Wildman–Crippen MR) is 83.4 cm³/mol. The van der Waals surface area contributed by atoms with E-state index >= 15 is 0 Å². The molecule has 0 aliphatic rings. The van der Waals surface area contributed by atoms with Crippen LogP contribution in [0.1, 0.15) is 18.3 Å². The molecule has 6 heteroatoms. The van der Waals surface area contributed by atoms with Crippen molar-refractivity contribution in [2.24, 2.45) is 5.73 Å². The molecule has 3 aromatic heterocycles. The number of aromatic nitrogens is 4. The molecule has 21 heavy (non-hydrogen) atoms. The number of imidazole rings is 1. The lowest BCUT2D eigenvalue weighted by Crippen LogP contribution is -2.19. The van der Waals surface area contributed by atoms with Crippen molar-refractivity contribution in [3.63, 3.8) is 0 Å². The van der Waals surface area contributed by atoms with Crippen molar-refractivity contribution in [1.82, 2.24) is 19.4 Å². The normalized spacial score (nSPS) is 12.7. The van der Waals surface area contributed by atoms with Gasteiger partial charge in [0.15, 0.2) is 5.16 Å². The monoisotopic (exact) mass is 299 g/mol. The fourth-order valence-corrected chi connectivity index (χ4v) is 3.07. The SMILES string of the molecule is Cc1ccnc(Sc2nc3ccccn3c2CC(C)N)n1. The highest BCUT2D eigenvalue weighted by Gasteiger charge is 2.15. The summed E-state index contributed by atoms with van der Waals surface area (Å²) in [6.07, 6.45) is 4.55. The smallest absolute Gasteiger partial charge is 0.194 e. The number of aryl methyl sites for hydroxylation is 1. The zero-order chi connectivity index (χ0) is 14.8. The Morgan fingerprint density at radius 2 is 2.14 bits per heavy atom. The lowest BCUT2D eigenvalue weighted by Gasteiger charge is -2.07. The predicted octanol–water partition coefficient (Wildman–Crippen LogP) is 2.47. The van der Waals surface area contributed by atoms with Crippen LogP contribution < -0.4 is 5.73 Å². The number of hydrogen-bond acceptors (Lipinski definition) is 5. The second-order valence-corrected chi connectivity index (χ2v) is 6.01. The van der Waals surface area contributed by atoms with Gasteiger partial charge in [-0.1, -0.05) is 6.07 Å². The summed E-state index contributed by atoms with van der Waals surface area (Å²) in [5.74, 6) is 0. The third kappa shape index (κ3) is 3.06. The van der Waals surface area contributed by atoms with Crippen molar-refractivity contribution in [2.45, 2.75) is 36.5 Å². The second kappa shape index (κ2) is 5.83. The summed E-state index contributed by atoms with van der Waals surface area (Å²) in [5.41, 5.74) is 8.96. The minimum Gasteiger partial charge on any atom is -0.328 e. The Bertz CT molecular complexity index is 766. The second-order valence-electron chi connectivity index (χ2n) is 5.06. The molecule has 0 fully saturated rings. The highest BCUT2D eigenvalue weighted by atomic mass is 32.2. The van der Waals surface area contributed by atoms with Crippen LogP contribution in [0.25, 0.3) is 5.65 Å². The van der Waals surface area contributed by atoms with Gasteiger partial charge in [-0.05, 0) is 43.8 Å². The lowest BCUT2D eigenvalue weighted by atomic mass is 10.2. The van der Waals surface area contributed by atoms with Crippen molar-refractivity contribution >= 4 is 17.4 Å². The molecule has 0 saturated carbocycles. The fraction of sp³-hybridized carbons (Fsp3) is 0.267. The van der Waals surface area contributed by atoms with Crippen LogP contribution in [0.5, 0.6) is 0 Å². The average Bonchev–Trinajstić information content (AvgIpc) is 2.76. The Morgan fingerprint density at radius 3 is 2.90 bits per heavy atom. The Kier molecular flexibility index (Phi) is 3.90. The summed E-state index contributed by atoms with van der Waals surface area (Å²) in [5, 5.41) is 1.63. The number of hydrogen-bond donors (Lipinski definition) is 1. The molecule has 0 aliphatic carbocycles. The molecule has 0 spiro atoms. The Hall–Kier alpha value is -1.92. The molecule has 0 aliphatic heterocycles. The Balaban J connectivity index is 2.04. The molecule has 0 radical (unpaired) electrons. The average molecular weight is 299 g/mol. The van der Waals surface area contributed by atoms with Crippen LogP contribution in [0.15, 0.2) is 46.8 Å². The summed E-state index contributed by atoms with van der Waals surface area (Å²) in [6.45, 7) is 3.96. The number of fused-ring (bicyclic) bond motifs is 1. The molecule has 0 amide bonds. The minimum atomic E-state index is 0.0721. The largest absolute Gasteiger partial charge is 0.328 e. The van der Waals surface area contributed by atoms with E-state index in [9.17, 15) is 0 Å². The first-order valence-electron chi connectivity index (χ1n) is 6.82. The first kappa shape index (κ1) is 14.0. The maximum absolute atomic E-state index is 5.98. The van der Waals surface area contributed by atoms with Gasteiger partial charge in [-0.25, -0.2) is 15.0 Å². The number of nitrogens with zero attached hydrogens (tertiary/aromatic N) is 4. The van der Waals surface area contributed by atoms with Gasteiger partial charge < -0.3 is 10.1 Å². The van der Waals surface area contributed by atoms with Gasteiger partial charge in [0.2, 0.25) is 0 Å². The van der Waals surface area contributed by atoms with Gasteiger partial charge in [0.25, 0.3) is 0 Å². The zero-order valence-electron chi connectivity index (χ0n) is 12.0. The van der Waals surface area contributed by atoms with Crippen LogP contribution >= 0.6 is 11.8 Å². The Morgan fingerprint density at radius 1 is 1.29 bits per heavy atom. The zero-order valence-corrected chi connectivity index (χ0v) is 12.8. The van der Waals surface area contributed by atoms with Crippen LogP contribution in [-0.4, -0.2) is 25.4 Å². The number of pyridine rings is 1. The van der Waals surface area contributed by atoms with Crippen LogP contribution in [0.2, 0.25) is 0 Å². The van der Waals surface area contributed by atoms with Crippen molar-refractivity contribution in [3.05, 3.63) is 48.0 Å². The minimum absolute atomic E-state index is 0.0721. The molecular formula is C15H17N5S. The maximum Gasteiger partial charge on any atom is 0.194 e. The van der Waals surface area contributed by atoms with Crippen molar-refractivity contribution in [3.8, 4) is 0 Å². The van der Waals surface area contributed by atoms with Crippen molar-refractivity contribution < 1.29 is 0 Å². The van der Waals surface area contributed by atoms with E-state index in [4.69, 9.17) is 5.73 Å². The van der Waals surface area contributed by atoms with Gasteiger partial charge in [-0.2, -0.15) is 0 Å². The van der Waals surface area contributed by atoms with E-state index in [2.05, 4.69) is 19.4 Å². The van der Waals surface area contributed by atoms with Gasteiger partial charge >= 0.3 is 0 Å². The van der Waals surface area contributed by atoms with Crippen LogP contribution in [0.3, 0.4) is 0 Å². The van der Waals surface area contributed by atoms with E-state index < -0.39 is 0 Å². The fourth-order valence-electron chi connectivity index (χ4n) is 2.16. The highest BCUT2D eigenvalue weighted by molar-refractivity contribution is 7.99. The molecule has 3 rings (SSSR count). The molecule has 0 bridgehead atoms. The summed E-state index contributed by atoms with van der Waals surface area (Å²) in [6, 6.07) is 7.93. The van der Waals surface area contributed by atoms with Crippen LogP contribution in [0, 0.1) is 6.92 Å². The molecular weight excluding hydrogens is 282 g/mol. The van der Waals surface area contributed by atoms with Gasteiger partial charge in [0.05, 0.1) is 5.69 Å². The summed E-state index contributed by atoms with van der Waals surface area (Å²) in [7, 11) is 0. The van der Waals surface area contributed by atoms with E-state index in [0.29, 0.717) is 5.16 Å². The van der Waals surface area contributed by atoms with Gasteiger partial charge in [-0.3, -0.25) is 0 Å². The highest BCUT2D eigenvalue weighted by Crippen LogP contribution is 2.28. The molecule has 5 nitrogen and oxygen atoms in total. The summed E-state index contributed by atoms with van der Waals surface area (Å²) in [4.78, 5) is 13.4. The first-order valence-corrected chi connectivity index (χ1v) is 7.64. The van der Waals surface area contributed by atoms with Crippen LogP contribution in [-0.2, 0) is 6.42 Å². The van der Waals surface area contributed by atoms with Crippen molar-refractivity contribution in [2.75, 3.05) is 0 Å². The molecule has 1 atom stereocenters. The van der Waals surface area contributed by atoms with E-state index in [1.807, 2.05) is 44.3 Å². The van der Waals surface area contributed by atoms with Gasteiger partial charge in [0.1, 0.15) is 10.7 Å². The van der Waals surface area contributed by atoms with Crippen molar-refractivity contribution in [1.29, 1.82) is 0 Å². The van der Waals surface area contributed by atoms with E-state index in [1.165, 1.54) is 11.8 Å². The van der Waals surface area contributed by atoms with Gasteiger partial charge in [0, 0.05) is 30.6 Å². The Labute approximate surface area is 127 Å². The standard InChI is InChI=1S/C15H17N5S/c1-10(16)9-12-14(19-13-5-3-4-8-20(12)13)21-15-17-7-6-11(2)18-15/h3-8,10H,9,16H2,1-2H3. The molecule has 2 N–H and O–H groups in total. The topological polar surface area (TPSA) is 69.1 Å². The molecule has 3 aromatic rings. The third-order valence-corrected chi connectivity index (χ3v) is 3.97. The number of nitrogens with two attached hydrogens (primary N) is 1. The van der Waals surface area contributed by atoms with E-state index in [0.717, 1.165) is 28.5 Å². The van der Waals surface area contributed by atoms with E-state index in [-0.39, 0.29) is 6.04 Å². The first-order chi connectivity index (χ1) is 10.1.